The maximum absolute atomic E-state index is 13.5. The summed E-state index contributed by atoms with van der Waals surface area (Å²) < 4.78 is 26.4. The minimum atomic E-state index is -4.14. The van der Waals surface area contributed by atoms with Crippen molar-refractivity contribution in [3.8, 4) is 0 Å². The fraction of sp³-hybridized carbons (Fsp3) is 0.379. The number of benzene rings is 2. The fourth-order valence-electron chi connectivity index (χ4n) is 5.34. The first-order chi connectivity index (χ1) is 18.6. The zero-order valence-electron chi connectivity index (χ0n) is 21.8. The number of aliphatic hydroxyl groups is 2. The number of aliphatic hydroxyl groups excluding tert-OH is 2. The number of hydrogen-bond donors (Lipinski definition) is 4. The maximum Gasteiger partial charge on any atom is 0.255 e. The Morgan fingerprint density at radius 1 is 1.08 bits per heavy atom. The molecule has 1 saturated carbocycles. The molecule has 0 aromatic heterocycles. The van der Waals surface area contributed by atoms with Gasteiger partial charge >= 0.3 is 0 Å². The van der Waals surface area contributed by atoms with E-state index in [9.17, 15) is 28.2 Å². The zero-order valence-corrected chi connectivity index (χ0v) is 22.6. The molecule has 208 valence electrons. The average Bonchev–Trinajstić information content (AvgIpc) is 3.23. The summed E-state index contributed by atoms with van der Waals surface area (Å²) >= 11 is 0. The lowest BCUT2D eigenvalue weighted by molar-refractivity contribution is -0.127. The Kier molecular flexibility index (Phi) is 9.14. The van der Waals surface area contributed by atoms with Gasteiger partial charge in [-0.2, -0.15) is 0 Å². The molecule has 1 fully saturated rings. The third-order valence-corrected chi connectivity index (χ3v) is 9.09. The molecule has 3 unspecified atom stereocenters. The number of Topliss-reactive ketones (excluding diaryl/α,β-unsaturated/α-hetero) is 1. The molecule has 2 aromatic carbocycles. The molecule has 2 aliphatic carbocycles. The van der Waals surface area contributed by atoms with Crippen LogP contribution in [0.3, 0.4) is 0 Å². The van der Waals surface area contributed by atoms with Crippen LogP contribution in [0.25, 0.3) is 0 Å². The topological polar surface area (TPSA) is 150 Å². The van der Waals surface area contributed by atoms with E-state index in [2.05, 4.69) is 5.32 Å². The third-order valence-electron chi connectivity index (χ3n) is 7.46. The molecule has 0 spiro atoms. The Balaban J connectivity index is 1.45. The standard InChI is InChI=1S/C29H35N3O6S/c1-19(33)21-11-13-25(14-12-21)39(37,38)32(30)18-24(34)16-23(15-20-7-3-2-4-8-20)29(36)31-28-26-10-6-5-9-22(26)17-27(28)35/h2-14,22-24,26-28,34-35H,15-18,30H2,1H3,(H,31,36)/t22?,23?,24-,26?,27+,28-/m0/s1. The SMILES string of the molecule is CC(=O)c1ccc(S(=O)(=O)N(N)C[C@@H](O)CC(Cc2ccccc2)C(=O)N[C@H]2C3C=CC=CC3C[C@H]2O)cc1. The molecule has 0 aliphatic heterocycles. The van der Waals surface area contributed by atoms with Crippen LogP contribution in [0.15, 0.2) is 83.8 Å². The van der Waals surface area contributed by atoms with Gasteiger partial charge in [0.2, 0.25) is 5.91 Å². The summed E-state index contributed by atoms with van der Waals surface area (Å²) in [5, 5.41) is 24.5. The van der Waals surface area contributed by atoms with Crippen LogP contribution in [-0.2, 0) is 21.2 Å². The van der Waals surface area contributed by atoms with Crippen LogP contribution in [-0.4, -0.2) is 59.5 Å². The summed E-state index contributed by atoms with van der Waals surface area (Å²) in [4.78, 5) is 24.9. The minimum Gasteiger partial charge on any atom is -0.392 e. The van der Waals surface area contributed by atoms with Crippen molar-refractivity contribution in [2.24, 2.45) is 23.6 Å². The molecule has 6 atom stereocenters. The van der Waals surface area contributed by atoms with Gasteiger partial charge in [0.25, 0.3) is 10.0 Å². The van der Waals surface area contributed by atoms with E-state index < -0.39 is 40.7 Å². The van der Waals surface area contributed by atoms with Gasteiger partial charge in [0, 0.05) is 17.4 Å². The number of nitrogens with zero attached hydrogens (tertiary/aromatic N) is 1. The van der Waals surface area contributed by atoms with Crippen molar-refractivity contribution < 1.29 is 28.2 Å². The van der Waals surface area contributed by atoms with Crippen LogP contribution in [0.2, 0.25) is 0 Å². The first kappa shape index (κ1) is 28.8. The summed E-state index contributed by atoms with van der Waals surface area (Å²) in [6.45, 7) is 0.950. The number of nitrogens with one attached hydrogen (secondary N) is 1. The van der Waals surface area contributed by atoms with E-state index in [4.69, 9.17) is 5.84 Å². The highest BCUT2D eigenvalue weighted by Crippen LogP contribution is 2.36. The van der Waals surface area contributed by atoms with Gasteiger partial charge in [0.15, 0.2) is 5.78 Å². The Morgan fingerprint density at radius 2 is 1.74 bits per heavy atom. The number of hydrogen-bond acceptors (Lipinski definition) is 7. The highest BCUT2D eigenvalue weighted by atomic mass is 32.2. The van der Waals surface area contributed by atoms with E-state index in [1.54, 1.807) is 0 Å². The Hall–Kier alpha value is -3.15. The number of sulfonamides is 1. The summed E-state index contributed by atoms with van der Waals surface area (Å²) in [5.74, 6) is 4.80. The molecule has 0 bridgehead atoms. The van der Waals surface area contributed by atoms with E-state index in [0.717, 1.165) is 5.56 Å². The second kappa shape index (κ2) is 12.4. The molecule has 39 heavy (non-hydrogen) atoms. The molecule has 9 nitrogen and oxygen atoms in total. The van der Waals surface area contributed by atoms with Crippen LogP contribution in [0.4, 0.5) is 0 Å². The largest absolute Gasteiger partial charge is 0.392 e. The van der Waals surface area contributed by atoms with Crippen molar-refractivity contribution in [2.75, 3.05) is 6.54 Å². The lowest BCUT2D eigenvalue weighted by atomic mass is 9.88. The lowest BCUT2D eigenvalue weighted by Crippen LogP contribution is -2.48. The predicted octanol–water partition coefficient (Wildman–Crippen LogP) is 1.97. The van der Waals surface area contributed by atoms with E-state index in [1.807, 2.05) is 54.6 Å². The number of amides is 1. The molecule has 10 heteroatoms. The second-order valence-corrected chi connectivity index (χ2v) is 12.2. The van der Waals surface area contributed by atoms with Gasteiger partial charge in [-0.1, -0.05) is 66.8 Å². The predicted molar refractivity (Wildman–Crippen MR) is 147 cm³/mol. The van der Waals surface area contributed by atoms with Gasteiger partial charge < -0.3 is 15.5 Å². The van der Waals surface area contributed by atoms with Crippen LogP contribution in [0.1, 0.15) is 35.7 Å². The van der Waals surface area contributed by atoms with Gasteiger partial charge in [-0.3, -0.25) is 15.4 Å². The van der Waals surface area contributed by atoms with Crippen molar-refractivity contribution in [2.45, 2.75) is 49.3 Å². The average molecular weight is 554 g/mol. The first-order valence-corrected chi connectivity index (χ1v) is 14.4. The Morgan fingerprint density at radius 3 is 2.41 bits per heavy atom. The van der Waals surface area contributed by atoms with E-state index in [1.165, 1.54) is 31.2 Å². The van der Waals surface area contributed by atoms with E-state index in [-0.39, 0.29) is 34.8 Å². The summed E-state index contributed by atoms with van der Waals surface area (Å²) in [7, 11) is -4.14. The molecule has 2 aliphatic rings. The van der Waals surface area contributed by atoms with E-state index >= 15 is 0 Å². The lowest BCUT2D eigenvalue weighted by Gasteiger charge is -2.28. The van der Waals surface area contributed by atoms with Gasteiger partial charge in [0.1, 0.15) is 0 Å². The molecular weight excluding hydrogens is 518 g/mol. The molecule has 0 radical (unpaired) electrons. The normalized spacial score (nSPS) is 23.8. The number of allylic oxidation sites excluding steroid dienone is 3. The van der Waals surface area contributed by atoms with Crippen LogP contribution < -0.4 is 11.2 Å². The number of carbonyl (C=O) groups is 2. The van der Waals surface area contributed by atoms with Gasteiger partial charge in [-0.05, 0) is 49.8 Å². The molecule has 0 heterocycles. The van der Waals surface area contributed by atoms with Crippen molar-refractivity contribution in [3.63, 3.8) is 0 Å². The number of fused-ring (bicyclic) bond motifs is 1. The summed E-state index contributed by atoms with van der Waals surface area (Å²) in [6.07, 6.45) is 6.78. The van der Waals surface area contributed by atoms with E-state index in [0.29, 0.717) is 22.8 Å². The summed E-state index contributed by atoms with van der Waals surface area (Å²) in [6, 6.07) is 14.3. The van der Waals surface area contributed by atoms with Crippen molar-refractivity contribution >= 4 is 21.7 Å². The Labute approximate surface area is 229 Å². The molecular formula is C29H35N3O6S. The number of ketones is 1. The highest BCUT2D eigenvalue weighted by Gasteiger charge is 2.42. The fourth-order valence-corrected chi connectivity index (χ4v) is 6.46. The second-order valence-electron chi connectivity index (χ2n) is 10.3. The maximum atomic E-state index is 13.5. The molecule has 5 N–H and O–H groups in total. The van der Waals surface area contributed by atoms with Crippen molar-refractivity contribution in [3.05, 3.63) is 90.0 Å². The first-order valence-electron chi connectivity index (χ1n) is 13.0. The van der Waals surface area contributed by atoms with Crippen molar-refractivity contribution in [1.82, 2.24) is 9.73 Å². The molecule has 1 amide bonds. The molecule has 0 saturated heterocycles. The van der Waals surface area contributed by atoms with Crippen LogP contribution in [0, 0.1) is 17.8 Å². The monoisotopic (exact) mass is 553 g/mol. The molecule has 4 rings (SSSR count). The van der Waals surface area contributed by atoms with Crippen LogP contribution in [0.5, 0.6) is 0 Å². The smallest absolute Gasteiger partial charge is 0.255 e. The van der Waals surface area contributed by atoms with Gasteiger partial charge in [-0.15, -0.1) is 4.41 Å². The van der Waals surface area contributed by atoms with Gasteiger partial charge in [0.05, 0.1) is 29.7 Å². The minimum absolute atomic E-state index is 0.0182. The number of carbonyl (C=O) groups excluding carboxylic acids is 2. The number of hydrazine groups is 1. The third kappa shape index (κ3) is 6.90. The van der Waals surface area contributed by atoms with Gasteiger partial charge in [-0.25, -0.2) is 8.42 Å². The number of nitrogens with two attached hydrogens (primary N) is 1. The number of rotatable bonds is 11. The zero-order chi connectivity index (χ0) is 28.2. The van der Waals surface area contributed by atoms with Crippen molar-refractivity contribution in [1.29, 1.82) is 0 Å². The summed E-state index contributed by atoms with van der Waals surface area (Å²) in [5.41, 5.74) is 1.25. The van der Waals surface area contributed by atoms with Crippen LogP contribution >= 0.6 is 0 Å². The molecule has 2 aromatic rings. The highest BCUT2D eigenvalue weighted by molar-refractivity contribution is 7.89. The Bertz CT molecular complexity index is 1330. The quantitative estimate of drug-likeness (QED) is 0.189.